The van der Waals surface area contributed by atoms with Gasteiger partial charge in [0.25, 0.3) is 0 Å². The van der Waals surface area contributed by atoms with Crippen LogP contribution in [0.3, 0.4) is 0 Å². The molecule has 0 saturated carbocycles. The Bertz CT molecular complexity index is 344. The number of rotatable bonds is 2. The largest absolute Gasteiger partial charge is 0.256 e. The second-order valence-corrected chi connectivity index (χ2v) is 3.29. The van der Waals surface area contributed by atoms with Crippen LogP contribution in [0.25, 0.3) is 5.57 Å². The van der Waals surface area contributed by atoms with Gasteiger partial charge in [-0.3, -0.25) is 4.98 Å². The number of hydrogen-bond acceptors (Lipinski definition) is 1. The van der Waals surface area contributed by atoms with Crippen molar-refractivity contribution in [3.05, 3.63) is 47.8 Å². The summed E-state index contributed by atoms with van der Waals surface area (Å²) >= 11 is 0. The zero-order valence-electron chi connectivity index (χ0n) is 8.46. The minimum atomic E-state index is 1.04. The van der Waals surface area contributed by atoms with Gasteiger partial charge in [0.2, 0.25) is 0 Å². The van der Waals surface area contributed by atoms with Gasteiger partial charge >= 0.3 is 0 Å². The Balaban J connectivity index is 3.29. The Morgan fingerprint density at radius 2 is 2.15 bits per heavy atom. The maximum Gasteiger partial charge on any atom is 0.0730 e. The standard InChI is InChI=1S/C12H15N/c1-5-11(9(2)3)12-10(4)7-6-8-13-12/h5-8H,1H2,2-4H3. The van der Waals surface area contributed by atoms with Crippen molar-refractivity contribution >= 4 is 5.57 Å². The molecule has 1 rings (SSSR count). The first-order chi connectivity index (χ1) is 6.16. The maximum atomic E-state index is 4.34. The van der Waals surface area contributed by atoms with Crippen LogP contribution in [-0.2, 0) is 0 Å². The van der Waals surface area contributed by atoms with E-state index in [0.717, 1.165) is 11.3 Å². The van der Waals surface area contributed by atoms with Gasteiger partial charge in [0.1, 0.15) is 0 Å². The molecule has 0 aliphatic heterocycles. The van der Waals surface area contributed by atoms with E-state index in [0.29, 0.717) is 0 Å². The van der Waals surface area contributed by atoms with E-state index >= 15 is 0 Å². The van der Waals surface area contributed by atoms with Gasteiger partial charge in [-0.15, -0.1) is 0 Å². The van der Waals surface area contributed by atoms with Crippen LogP contribution in [0, 0.1) is 6.92 Å². The third-order valence-electron chi connectivity index (χ3n) is 2.01. The molecule has 0 N–H and O–H groups in total. The zero-order chi connectivity index (χ0) is 9.84. The van der Waals surface area contributed by atoms with Gasteiger partial charge in [-0.2, -0.15) is 0 Å². The molecule has 1 aromatic heterocycles. The Morgan fingerprint density at radius 3 is 2.62 bits per heavy atom. The molecule has 0 saturated heterocycles. The van der Waals surface area contributed by atoms with E-state index in [1.807, 2.05) is 18.3 Å². The molecule has 0 amide bonds. The van der Waals surface area contributed by atoms with Gasteiger partial charge in [0.05, 0.1) is 5.69 Å². The summed E-state index contributed by atoms with van der Waals surface area (Å²) in [6.07, 6.45) is 3.68. The van der Waals surface area contributed by atoms with Crippen LogP contribution in [0.1, 0.15) is 25.1 Å². The van der Waals surface area contributed by atoms with Crippen molar-refractivity contribution < 1.29 is 0 Å². The molecule has 0 atom stereocenters. The number of hydrogen-bond donors (Lipinski definition) is 0. The van der Waals surface area contributed by atoms with E-state index in [4.69, 9.17) is 0 Å². The van der Waals surface area contributed by atoms with E-state index < -0.39 is 0 Å². The molecule has 68 valence electrons. The number of allylic oxidation sites excluding steroid dienone is 3. The lowest BCUT2D eigenvalue weighted by Gasteiger charge is -2.06. The lowest BCUT2D eigenvalue weighted by molar-refractivity contribution is 1.21. The van der Waals surface area contributed by atoms with E-state index in [1.54, 1.807) is 0 Å². The lowest BCUT2D eigenvalue weighted by Crippen LogP contribution is -1.92. The molecule has 1 aromatic rings. The summed E-state index contributed by atoms with van der Waals surface area (Å²) in [6.45, 7) is 10.0. The molecule has 0 aromatic carbocycles. The minimum absolute atomic E-state index is 1.04. The maximum absolute atomic E-state index is 4.34. The molecule has 0 fully saturated rings. The predicted octanol–water partition coefficient (Wildman–Crippen LogP) is 3.37. The molecule has 0 spiro atoms. The van der Waals surface area contributed by atoms with Crippen LogP contribution in [0.2, 0.25) is 0 Å². The third kappa shape index (κ3) is 2.05. The van der Waals surface area contributed by atoms with Crippen molar-refractivity contribution in [2.45, 2.75) is 20.8 Å². The molecule has 1 nitrogen and oxygen atoms in total. The Hall–Kier alpha value is -1.37. The molecule has 0 radical (unpaired) electrons. The van der Waals surface area contributed by atoms with Crippen LogP contribution < -0.4 is 0 Å². The van der Waals surface area contributed by atoms with Crippen LogP contribution in [0.4, 0.5) is 0 Å². The third-order valence-corrected chi connectivity index (χ3v) is 2.01. The highest BCUT2D eigenvalue weighted by Crippen LogP contribution is 2.20. The van der Waals surface area contributed by atoms with Gasteiger partial charge < -0.3 is 0 Å². The van der Waals surface area contributed by atoms with Crippen molar-refractivity contribution in [1.82, 2.24) is 4.98 Å². The van der Waals surface area contributed by atoms with Gasteiger partial charge in [-0.05, 0) is 38.0 Å². The summed E-state index contributed by atoms with van der Waals surface area (Å²) in [4.78, 5) is 4.34. The molecule has 0 aliphatic rings. The van der Waals surface area contributed by atoms with Crippen molar-refractivity contribution in [2.24, 2.45) is 0 Å². The van der Waals surface area contributed by atoms with Crippen LogP contribution >= 0.6 is 0 Å². The Kier molecular flexibility index (Phi) is 3.02. The first-order valence-corrected chi connectivity index (χ1v) is 4.38. The van der Waals surface area contributed by atoms with E-state index in [2.05, 4.69) is 38.4 Å². The molecular weight excluding hydrogens is 158 g/mol. The molecule has 13 heavy (non-hydrogen) atoms. The SMILES string of the molecule is C=CC(=C(C)C)c1ncccc1C. The average Bonchev–Trinajstić information content (AvgIpc) is 2.09. The summed E-state index contributed by atoms with van der Waals surface area (Å²) in [7, 11) is 0. The average molecular weight is 173 g/mol. The number of nitrogens with zero attached hydrogens (tertiary/aromatic N) is 1. The molecule has 0 bridgehead atoms. The van der Waals surface area contributed by atoms with E-state index in [1.165, 1.54) is 11.1 Å². The summed E-state index contributed by atoms with van der Waals surface area (Å²) in [6, 6.07) is 4.01. The number of aromatic nitrogens is 1. The Labute approximate surface area is 79.8 Å². The highest BCUT2D eigenvalue weighted by atomic mass is 14.7. The van der Waals surface area contributed by atoms with Gasteiger partial charge in [-0.25, -0.2) is 0 Å². The highest BCUT2D eigenvalue weighted by molar-refractivity contribution is 5.74. The van der Waals surface area contributed by atoms with Crippen molar-refractivity contribution in [1.29, 1.82) is 0 Å². The van der Waals surface area contributed by atoms with Gasteiger partial charge in [0, 0.05) is 6.20 Å². The van der Waals surface area contributed by atoms with Crippen molar-refractivity contribution in [2.75, 3.05) is 0 Å². The van der Waals surface area contributed by atoms with Gasteiger partial charge in [0.15, 0.2) is 0 Å². The van der Waals surface area contributed by atoms with E-state index in [-0.39, 0.29) is 0 Å². The molecule has 1 heteroatoms. The van der Waals surface area contributed by atoms with Crippen LogP contribution in [0.5, 0.6) is 0 Å². The zero-order valence-corrected chi connectivity index (χ0v) is 8.46. The quantitative estimate of drug-likeness (QED) is 0.625. The van der Waals surface area contributed by atoms with Crippen LogP contribution in [0.15, 0.2) is 36.6 Å². The first-order valence-electron chi connectivity index (χ1n) is 4.38. The predicted molar refractivity (Wildman–Crippen MR) is 57.4 cm³/mol. The molecule has 0 unspecified atom stereocenters. The summed E-state index contributed by atoms with van der Waals surface area (Å²) in [5, 5.41) is 0. The second kappa shape index (κ2) is 4.04. The molecular formula is C12H15N. The molecule has 0 aliphatic carbocycles. The first kappa shape index (κ1) is 9.72. The fourth-order valence-electron chi connectivity index (χ4n) is 1.31. The second-order valence-electron chi connectivity index (χ2n) is 3.29. The smallest absolute Gasteiger partial charge is 0.0730 e. The van der Waals surface area contributed by atoms with Crippen molar-refractivity contribution in [3.63, 3.8) is 0 Å². The summed E-state index contributed by atoms with van der Waals surface area (Å²) < 4.78 is 0. The van der Waals surface area contributed by atoms with Gasteiger partial charge in [-0.1, -0.05) is 24.3 Å². The number of pyridine rings is 1. The van der Waals surface area contributed by atoms with Crippen molar-refractivity contribution in [3.8, 4) is 0 Å². The van der Waals surface area contributed by atoms with E-state index in [9.17, 15) is 0 Å². The summed E-state index contributed by atoms with van der Waals surface area (Å²) in [5.41, 5.74) is 4.62. The topological polar surface area (TPSA) is 12.9 Å². The monoisotopic (exact) mass is 173 g/mol. The van der Waals surface area contributed by atoms with Crippen LogP contribution in [-0.4, -0.2) is 4.98 Å². The normalized spacial score (nSPS) is 9.46. The molecule has 1 heterocycles. The summed E-state index contributed by atoms with van der Waals surface area (Å²) in [5.74, 6) is 0. The number of aryl methyl sites for hydroxylation is 1. The Morgan fingerprint density at radius 1 is 1.46 bits per heavy atom. The fourth-order valence-corrected chi connectivity index (χ4v) is 1.31. The lowest BCUT2D eigenvalue weighted by atomic mass is 10.0. The minimum Gasteiger partial charge on any atom is -0.256 e. The highest BCUT2D eigenvalue weighted by Gasteiger charge is 2.03. The fraction of sp³-hybridized carbons (Fsp3) is 0.250.